The third kappa shape index (κ3) is 6.82. The number of ether oxygens (including phenoxy) is 1. The Labute approximate surface area is 190 Å². The highest BCUT2D eigenvalue weighted by atomic mass is 19.1. The molecule has 2 unspecified atom stereocenters. The average molecular weight is 449 g/mol. The fraction of sp³-hybridized carbons (Fsp3) is 0.667. The minimum atomic E-state index is -0.519. The van der Waals surface area contributed by atoms with Gasteiger partial charge in [-0.2, -0.15) is 0 Å². The highest BCUT2D eigenvalue weighted by Gasteiger charge is 2.31. The Hall–Kier alpha value is -2.35. The number of piperidine rings is 1. The highest BCUT2D eigenvalue weighted by molar-refractivity contribution is 5.81. The molecule has 2 aliphatic rings. The summed E-state index contributed by atoms with van der Waals surface area (Å²) in [5, 5.41) is 2.85. The SMILES string of the molecule is CC(C(=O)N1CCCC(CNC(=O)OC(C)(C)C)C1)N1CCN(c2ccc(F)cc2)CC1. The van der Waals surface area contributed by atoms with Crippen LogP contribution in [0.5, 0.6) is 0 Å². The van der Waals surface area contributed by atoms with Crippen LogP contribution in [0.1, 0.15) is 40.5 Å². The van der Waals surface area contributed by atoms with Crippen LogP contribution in [0.3, 0.4) is 0 Å². The largest absolute Gasteiger partial charge is 0.444 e. The lowest BCUT2D eigenvalue weighted by molar-refractivity contribution is -0.138. The zero-order valence-corrected chi connectivity index (χ0v) is 19.8. The summed E-state index contributed by atoms with van der Waals surface area (Å²) in [6.45, 7) is 12.7. The summed E-state index contributed by atoms with van der Waals surface area (Å²) in [5.41, 5.74) is 0.496. The van der Waals surface area contributed by atoms with Crippen LogP contribution in [0.25, 0.3) is 0 Å². The number of hydrogen-bond donors (Lipinski definition) is 1. The van der Waals surface area contributed by atoms with Crippen molar-refractivity contribution in [2.45, 2.75) is 52.2 Å². The Kier molecular flexibility index (Phi) is 7.98. The van der Waals surface area contributed by atoms with Gasteiger partial charge in [-0.25, -0.2) is 9.18 Å². The second-order valence-corrected chi connectivity index (χ2v) is 9.85. The molecule has 1 N–H and O–H groups in total. The molecule has 2 atom stereocenters. The van der Waals surface area contributed by atoms with Crippen LogP contribution in [-0.4, -0.2) is 79.3 Å². The number of likely N-dealkylation sites (tertiary alicyclic amines) is 1. The monoisotopic (exact) mass is 448 g/mol. The molecule has 0 aliphatic carbocycles. The van der Waals surface area contributed by atoms with E-state index in [0.717, 1.165) is 51.3 Å². The molecule has 2 saturated heterocycles. The molecule has 0 saturated carbocycles. The highest BCUT2D eigenvalue weighted by Crippen LogP contribution is 2.21. The van der Waals surface area contributed by atoms with Crippen molar-refractivity contribution in [2.75, 3.05) is 50.7 Å². The van der Waals surface area contributed by atoms with E-state index in [2.05, 4.69) is 15.1 Å². The van der Waals surface area contributed by atoms with Crippen molar-refractivity contribution in [2.24, 2.45) is 5.92 Å². The lowest BCUT2D eigenvalue weighted by Gasteiger charge is -2.41. The lowest BCUT2D eigenvalue weighted by atomic mass is 9.97. The van der Waals surface area contributed by atoms with Crippen molar-refractivity contribution in [1.82, 2.24) is 15.1 Å². The van der Waals surface area contributed by atoms with Crippen molar-refractivity contribution >= 4 is 17.7 Å². The molecule has 8 heteroatoms. The summed E-state index contributed by atoms with van der Waals surface area (Å²) in [4.78, 5) is 31.5. The van der Waals surface area contributed by atoms with E-state index in [1.165, 1.54) is 12.1 Å². The molecular weight excluding hydrogens is 411 g/mol. The third-order valence-electron chi connectivity index (χ3n) is 6.18. The normalized spacial score (nSPS) is 21.2. The third-order valence-corrected chi connectivity index (χ3v) is 6.18. The van der Waals surface area contributed by atoms with Crippen molar-refractivity contribution in [3.63, 3.8) is 0 Å². The quantitative estimate of drug-likeness (QED) is 0.750. The number of nitrogens with zero attached hydrogens (tertiary/aromatic N) is 3. The molecule has 7 nitrogen and oxygen atoms in total. The molecule has 2 fully saturated rings. The second kappa shape index (κ2) is 10.5. The van der Waals surface area contributed by atoms with Crippen LogP contribution in [-0.2, 0) is 9.53 Å². The molecule has 1 aromatic carbocycles. The Morgan fingerprint density at radius 3 is 2.41 bits per heavy atom. The van der Waals surface area contributed by atoms with Gasteiger partial charge in [-0.15, -0.1) is 0 Å². The van der Waals surface area contributed by atoms with Crippen molar-refractivity contribution < 1.29 is 18.7 Å². The first kappa shape index (κ1) is 24.3. The van der Waals surface area contributed by atoms with Gasteiger partial charge in [0.2, 0.25) is 5.91 Å². The van der Waals surface area contributed by atoms with Crippen LogP contribution in [0.15, 0.2) is 24.3 Å². The number of piperazine rings is 1. The molecule has 0 aromatic heterocycles. The van der Waals surface area contributed by atoms with E-state index < -0.39 is 11.7 Å². The van der Waals surface area contributed by atoms with Crippen LogP contribution < -0.4 is 10.2 Å². The van der Waals surface area contributed by atoms with E-state index >= 15 is 0 Å². The number of nitrogens with one attached hydrogen (secondary N) is 1. The number of carbonyl (C=O) groups excluding carboxylic acids is 2. The van der Waals surface area contributed by atoms with E-state index in [4.69, 9.17) is 4.74 Å². The van der Waals surface area contributed by atoms with Crippen molar-refractivity contribution in [3.05, 3.63) is 30.1 Å². The molecular formula is C24H37FN4O3. The number of halogens is 1. The Bertz CT molecular complexity index is 772. The molecule has 1 aromatic rings. The zero-order valence-electron chi connectivity index (χ0n) is 19.8. The summed E-state index contributed by atoms with van der Waals surface area (Å²) < 4.78 is 18.5. The minimum absolute atomic E-state index is 0.155. The minimum Gasteiger partial charge on any atom is -0.444 e. The topological polar surface area (TPSA) is 65.1 Å². The van der Waals surface area contributed by atoms with Gasteiger partial charge >= 0.3 is 6.09 Å². The summed E-state index contributed by atoms with van der Waals surface area (Å²) in [5.74, 6) is 0.165. The van der Waals surface area contributed by atoms with Crippen LogP contribution in [0, 0.1) is 11.7 Å². The van der Waals surface area contributed by atoms with Gasteiger partial charge in [-0.3, -0.25) is 9.69 Å². The first-order valence-electron chi connectivity index (χ1n) is 11.6. The second-order valence-electron chi connectivity index (χ2n) is 9.85. The van der Waals surface area contributed by atoms with Gasteiger partial charge in [0.25, 0.3) is 0 Å². The van der Waals surface area contributed by atoms with Crippen LogP contribution in [0.2, 0.25) is 0 Å². The first-order valence-corrected chi connectivity index (χ1v) is 11.6. The van der Waals surface area contributed by atoms with Gasteiger partial charge in [-0.05, 0) is 70.7 Å². The van der Waals surface area contributed by atoms with Crippen LogP contribution in [0.4, 0.5) is 14.9 Å². The van der Waals surface area contributed by atoms with Gasteiger partial charge in [0.15, 0.2) is 0 Å². The summed E-state index contributed by atoms with van der Waals surface area (Å²) in [7, 11) is 0. The molecule has 32 heavy (non-hydrogen) atoms. The molecule has 2 heterocycles. The molecule has 178 valence electrons. The Balaban J connectivity index is 1.46. The predicted octanol–water partition coefficient (Wildman–Crippen LogP) is 3.10. The van der Waals surface area contributed by atoms with E-state index in [1.807, 2.05) is 32.6 Å². The molecule has 0 spiro atoms. The molecule has 2 amide bonds. The smallest absolute Gasteiger partial charge is 0.407 e. The fourth-order valence-electron chi connectivity index (χ4n) is 4.41. The first-order chi connectivity index (χ1) is 15.1. The van der Waals surface area contributed by atoms with Gasteiger partial charge in [-0.1, -0.05) is 0 Å². The number of hydrogen-bond acceptors (Lipinski definition) is 5. The van der Waals surface area contributed by atoms with E-state index in [0.29, 0.717) is 13.1 Å². The maximum atomic E-state index is 13.2. The number of benzene rings is 1. The zero-order chi connectivity index (χ0) is 23.3. The number of anilines is 1. The number of alkyl carbamates (subject to hydrolysis) is 1. The molecule has 0 bridgehead atoms. The summed E-state index contributed by atoms with van der Waals surface area (Å²) >= 11 is 0. The van der Waals surface area contributed by atoms with E-state index in [9.17, 15) is 14.0 Å². The molecule has 3 rings (SSSR count). The van der Waals surface area contributed by atoms with Crippen molar-refractivity contribution in [1.29, 1.82) is 0 Å². The Morgan fingerprint density at radius 1 is 1.12 bits per heavy atom. The van der Waals surface area contributed by atoms with Crippen molar-refractivity contribution in [3.8, 4) is 0 Å². The summed E-state index contributed by atoms with van der Waals surface area (Å²) in [6, 6.07) is 6.40. The standard InChI is InChI=1S/C24H37FN4O3/c1-18(27-12-14-28(15-13-27)21-9-7-20(25)8-10-21)22(30)29-11-5-6-19(17-29)16-26-23(31)32-24(2,3)4/h7-10,18-19H,5-6,11-17H2,1-4H3,(H,26,31). The van der Waals surface area contributed by atoms with Gasteiger partial charge < -0.3 is 19.9 Å². The van der Waals surface area contributed by atoms with Crippen LogP contribution >= 0.6 is 0 Å². The van der Waals surface area contributed by atoms with Gasteiger partial charge in [0, 0.05) is 51.5 Å². The molecule has 0 radical (unpaired) electrons. The molecule has 2 aliphatic heterocycles. The van der Waals surface area contributed by atoms with E-state index in [1.54, 1.807) is 12.1 Å². The maximum Gasteiger partial charge on any atom is 0.407 e. The van der Waals surface area contributed by atoms with Gasteiger partial charge in [0.1, 0.15) is 11.4 Å². The maximum absolute atomic E-state index is 13.2. The number of amides is 2. The summed E-state index contributed by atoms with van der Waals surface area (Å²) in [6.07, 6.45) is 1.52. The predicted molar refractivity (Wildman–Crippen MR) is 123 cm³/mol. The van der Waals surface area contributed by atoms with E-state index in [-0.39, 0.29) is 23.7 Å². The average Bonchev–Trinajstić information content (AvgIpc) is 2.76. The fourth-order valence-corrected chi connectivity index (χ4v) is 4.41. The number of rotatable bonds is 5. The number of carbonyl (C=O) groups is 2. The van der Waals surface area contributed by atoms with Gasteiger partial charge in [0.05, 0.1) is 6.04 Å². The lowest BCUT2D eigenvalue weighted by Crippen LogP contribution is -2.56. The Morgan fingerprint density at radius 2 is 1.78 bits per heavy atom.